The van der Waals surface area contributed by atoms with Gasteiger partial charge in [-0.25, -0.2) is 13.1 Å². The van der Waals surface area contributed by atoms with Gasteiger partial charge in [0.15, 0.2) is 0 Å². The molecule has 6 heteroatoms. The Bertz CT molecular complexity index is 578. The maximum absolute atomic E-state index is 12.2. The van der Waals surface area contributed by atoms with Gasteiger partial charge in [-0.15, -0.1) is 0 Å². The van der Waals surface area contributed by atoms with Crippen LogP contribution >= 0.6 is 11.6 Å². The zero-order valence-electron chi connectivity index (χ0n) is 9.98. The largest absolute Gasteiger partial charge is 0.316 e. The van der Waals surface area contributed by atoms with Gasteiger partial charge in [-0.1, -0.05) is 17.7 Å². The Morgan fingerprint density at radius 3 is 2.61 bits per heavy atom. The molecular weight excluding hydrogens is 272 g/mol. The average molecular weight is 287 g/mol. The number of halogens is 1. The van der Waals surface area contributed by atoms with Gasteiger partial charge in [0.1, 0.15) is 4.90 Å². The molecule has 1 aromatic rings. The highest BCUT2D eigenvalue weighted by Gasteiger charge is 2.54. The highest BCUT2D eigenvalue weighted by atomic mass is 35.5. The van der Waals surface area contributed by atoms with E-state index in [2.05, 4.69) is 10.0 Å². The molecule has 1 saturated heterocycles. The van der Waals surface area contributed by atoms with E-state index >= 15 is 0 Å². The van der Waals surface area contributed by atoms with Gasteiger partial charge in [0.25, 0.3) is 0 Å². The fourth-order valence-electron chi connectivity index (χ4n) is 2.66. The summed E-state index contributed by atoms with van der Waals surface area (Å²) in [5, 5.41) is 3.52. The molecule has 1 heterocycles. The van der Waals surface area contributed by atoms with E-state index in [9.17, 15) is 8.42 Å². The molecule has 3 rings (SSSR count). The second-order valence-corrected chi connectivity index (χ2v) is 7.16. The molecule has 0 bridgehead atoms. The summed E-state index contributed by atoms with van der Waals surface area (Å²) in [6.07, 6.45) is 0. The molecule has 2 aliphatic rings. The molecule has 18 heavy (non-hydrogen) atoms. The SMILES string of the molecule is Cc1ccc(S(=O)(=O)NC2C3CNCC32)c(Cl)c1. The molecule has 1 aliphatic heterocycles. The normalized spacial score (nSPS) is 30.2. The van der Waals surface area contributed by atoms with Crippen LogP contribution in [-0.4, -0.2) is 27.5 Å². The first-order valence-electron chi connectivity index (χ1n) is 5.98. The molecule has 0 spiro atoms. The van der Waals surface area contributed by atoms with Crippen LogP contribution in [0.25, 0.3) is 0 Å². The predicted molar refractivity (Wildman–Crippen MR) is 70.1 cm³/mol. The minimum absolute atomic E-state index is 0.0774. The third-order valence-corrected chi connectivity index (χ3v) is 5.70. The minimum Gasteiger partial charge on any atom is -0.316 e. The van der Waals surface area contributed by atoms with Gasteiger partial charge in [-0.05, 0) is 49.5 Å². The Kier molecular flexibility index (Phi) is 2.90. The molecule has 0 radical (unpaired) electrons. The molecule has 0 amide bonds. The number of fused-ring (bicyclic) bond motifs is 1. The van der Waals surface area contributed by atoms with E-state index in [1.54, 1.807) is 18.2 Å². The van der Waals surface area contributed by atoms with Gasteiger partial charge in [0.05, 0.1) is 5.02 Å². The fraction of sp³-hybridized carbons (Fsp3) is 0.500. The Labute approximate surface area is 112 Å². The molecule has 2 N–H and O–H groups in total. The van der Waals surface area contributed by atoms with Crippen molar-refractivity contribution in [3.63, 3.8) is 0 Å². The third kappa shape index (κ3) is 2.05. The van der Waals surface area contributed by atoms with Crippen LogP contribution in [0.1, 0.15) is 5.56 Å². The number of rotatable bonds is 3. The summed E-state index contributed by atoms with van der Waals surface area (Å²) in [5.41, 5.74) is 0.950. The van der Waals surface area contributed by atoms with Crippen molar-refractivity contribution < 1.29 is 8.42 Å². The maximum Gasteiger partial charge on any atom is 0.242 e. The number of piperidine rings is 1. The van der Waals surface area contributed by atoms with Crippen molar-refractivity contribution in [2.24, 2.45) is 11.8 Å². The Hall–Kier alpha value is -0.620. The standard InChI is InChI=1S/C12H15ClN2O2S/c1-7-2-3-11(10(13)4-7)18(16,17)15-12-8-5-14-6-9(8)12/h2-4,8-9,12,14-15H,5-6H2,1H3. The van der Waals surface area contributed by atoms with Crippen LogP contribution in [0.5, 0.6) is 0 Å². The lowest BCUT2D eigenvalue weighted by Crippen LogP contribution is -2.32. The van der Waals surface area contributed by atoms with Crippen LogP contribution in [0.15, 0.2) is 23.1 Å². The average Bonchev–Trinajstić information content (AvgIpc) is 2.74. The second kappa shape index (κ2) is 4.20. The molecule has 4 nitrogen and oxygen atoms in total. The molecule has 0 aromatic heterocycles. The summed E-state index contributed by atoms with van der Waals surface area (Å²) < 4.78 is 27.2. The maximum atomic E-state index is 12.2. The topological polar surface area (TPSA) is 58.2 Å². The third-order valence-electron chi connectivity index (χ3n) is 3.76. The lowest BCUT2D eigenvalue weighted by molar-refractivity contribution is 0.565. The lowest BCUT2D eigenvalue weighted by atomic mass is 10.2. The van der Waals surface area contributed by atoms with Crippen LogP contribution < -0.4 is 10.0 Å². The summed E-state index contributed by atoms with van der Waals surface area (Å²) in [6, 6.07) is 5.07. The summed E-state index contributed by atoms with van der Waals surface area (Å²) in [5.74, 6) is 0.896. The van der Waals surface area contributed by atoms with Crippen LogP contribution in [-0.2, 0) is 10.0 Å². The van der Waals surface area contributed by atoms with E-state index < -0.39 is 10.0 Å². The van der Waals surface area contributed by atoms with E-state index in [1.165, 1.54) is 0 Å². The molecule has 1 saturated carbocycles. The van der Waals surface area contributed by atoms with Crippen molar-refractivity contribution in [3.05, 3.63) is 28.8 Å². The fourth-order valence-corrected chi connectivity index (χ4v) is 4.60. The van der Waals surface area contributed by atoms with E-state index in [1.807, 2.05) is 6.92 Å². The number of benzene rings is 1. The number of hydrogen-bond acceptors (Lipinski definition) is 3. The van der Waals surface area contributed by atoms with Crippen molar-refractivity contribution in [1.82, 2.24) is 10.0 Å². The smallest absolute Gasteiger partial charge is 0.242 e. The number of sulfonamides is 1. The zero-order chi connectivity index (χ0) is 12.9. The molecule has 1 aliphatic carbocycles. The lowest BCUT2D eigenvalue weighted by Gasteiger charge is -2.10. The van der Waals surface area contributed by atoms with Crippen LogP contribution in [0, 0.1) is 18.8 Å². The number of nitrogens with one attached hydrogen (secondary N) is 2. The number of hydrogen-bond donors (Lipinski definition) is 2. The molecule has 98 valence electrons. The van der Waals surface area contributed by atoms with Crippen LogP contribution in [0.4, 0.5) is 0 Å². The van der Waals surface area contributed by atoms with E-state index in [4.69, 9.17) is 11.6 Å². The monoisotopic (exact) mass is 286 g/mol. The van der Waals surface area contributed by atoms with Gasteiger partial charge >= 0.3 is 0 Å². The quantitative estimate of drug-likeness (QED) is 0.876. The first kappa shape index (κ1) is 12.4. The summed E-state index contributed by atoms with van der Waals surface area (Å²) >= 11 is 6.01. The van der Waals surface area contributed by atoms with E-state index in [0.29, 0.717) is 11.8 Å². The minimum atomic E-state index is -3.50. The van der Waals surface area contributed by atoms with Gasteiger partial charge in [-0.2, -0.15) is 0 Å². The van der Waals surface area contributed by atoms with Crippen molar-refractivity contribution in [2.75, 3.05) is 13.1 Å². The molecule has 2 unspecified atom stereocenters. The predicted octanol–water partition coefficient (Wildman–Crippen LogP) is 1.14. The van der Waals surface area contributed by atoms with Crippen molar-refractivity contribution in [1.29, 1.82) is 0 Å². The van der Waals surface area contributed by atoms with Gasteiger partial charge in [0, 0.05) is 6.04 Å². The van der Waals surface area contributed by atoms with Crippen LogP contribution in [0.3, 0.4) is 0 Å². The van der Waals surface area contributed by atoms with E-state index in [0.717, 1.165) is 18.7 Å². The molecule has 2 atom stereocenters. The van der Waals surface area contributed by atoms with Gasteiger partial charge in [0.2, 0.25) is 10.0 Å². The number of aryl methyl sites for hydroxylation is 1. The Balaban J connectivity index is 1.82. The molecular formula is C12H15ClN2O2S. The zero-order valence-corrected chi connectivity index (χ0v) is 11.6. The summed E-state index contributed by atoms with van der Waals surface area (Å²) in [6.45, 7) is 3.69. The van der Waals surface area contributed by atoms with Crippen molar-refractivity contribution in [2.45, 2.75) is 17.9 Å². The summed E-state index contributed by atoms with van der Waals surface area (Å²) in [4.78, 5) is 0.174. The van der Waals surface area contributed by atoms with Gasteiger partial charge < -0.3 is 5.32 Å². The molecule has 2 fully saturated rings. The Morgan fingerprint density at radius 2 is 2.00 bits per heavy atom. The van der Waals surface area contributed by atoms with E-state index in [-0.39, 0.29) is 16.0 Å². The highest BCUT2D eigenvalue weighted by Crippen LogP contribution is 2.42. The first-order valence-corrected chi connectivity index (χ1v) is 7.84. The second-order valence-electron chi connectivity index (χ2n) is 5.07. The highest BCUT2D eigenvalue weighted by molar-refractivity contribution is 7.89. The first-order chi connectivity index (χ1) is 8.49. The van der Waals surface area contributed by atoms with Crippen molar-refractivity contribution in [3.8, 4) is 0 Å². The molecule has 1 aromatic carbocycles. The Morgan fingerprint density at radius 1 is 1.33 bits per heavy atom. The van der Waals surface area contributed by atoms with Crippen LogP contribution in [0.2, 0.25) is 5.02 Å². The van der Waals surface area contributed by atoms with Gasteiger partial charge in [-0.3, -0.25) is 0 Å². The van der Waals surface area contributed by atoms with Crippen molar-refractivity contribution >= 4 is 21.6 Å². The summed E-state index contributed by atoms with van der Waals surface area (Å²) in [7, 11) is -3.50.